The third kappa shape index (κ3) is 6.77. The minimum Gasteiger partial charge on any atom is -0.490 e. The maximum absolute atomic E-state index is 6.24. The fourth-order valence-electron chi connectivity index (χ4n) is 3.47. The van der Waals surface area contributed by atoms with Gasteiger partial charge in [-0.3, -0.25) is 0 Å². The molecule has 0 fully saturated rings. The highest BCUT2D eigenvalue weighted by molar-refractivity contribution is 9.10. The SMILES string of the molecule is CCOc1cc(CNCCC2=CCCCC2)c(Br)cc1OCc1ccccc1Cl. The Morgan fingerprint density at radius 3 is 2.66 bits per heavy atom. The largest absolute Gasteiger partial charge is 0.490 e. The standard InChI is InChI=1S/C24H29BrClNO2/c1-2-28-23-14-20(16-27-13-12-18-8-4-3-5-9-18)21(25)15-24(23)29-17-19-10-6-7-11-22(19)26/h6-8,10-11,14-15,27H,2-5,9,12-13,16-17H2,1H3. The molecule has 3 nitrogen and oxygen atoms in total. The molecule has 0 saturated carbocycles. The summed E-state index contributed by atoms with van der Waals surface area (Å²) in [4.78, 5) is 0. The second-order valence-electron chi connectivity index (χ2n) is 7.24. The normalized spacial score (nSPS) is 13.8. The van der Waals surface area contributed by atoms with E-state index in [0.717, 1.165) is 46.6 Å². The first-order valence-electron chi connectivity index (χ1n) is 10.4. The van der Waals surface area contributed by atoms with Crippen molar-refractivity contribution in [3.8, 4) is 11.5 Å². The van der Waals surface area contributed by atoms with Crippen LogP contribution in [0, 0.1) is 0 Å². The maximum Gasteiger partial charge on any atom is 0.162 e. The summed E-state index contributed by atoms with van der Waals surface area (Å²) < 4.78 is 12.9. The molecule has 0 unspecified atom stereocenters. The molecule has 0 atom stereocenters. The minimum atomic E-state index is 0.402. The third-order valence-corrected chi connectivity index (χ3v) is 6.18. The first-order valence-corrected chi connectivity index (χ1v) is 11.5. The van der Waals surface area contributed by atoms with E-state index in [-0.39, 0.29) is 0 Å². The molecule has 1 aliphatic rings. The molecular weight excluding hydrogens is 450 g/mol. The molecule has 3 rings (SSSR count). The van der Waals surface area contributed by atoms with Crippen molar-refractivity contribution < 1.29 is 9.47 Å². The van der Waals surface area contributed by atoms with Crippen molar-refractivity contribution >= 4 is 27.5 Å². The van der Waals surface area contributed by atoms with Crippen molar-refractivity contribution in [2.45, 2.75) is 52.2 Å². The topological polar surface area (TPSA) is 30.5 Å². The lowest BCUT2D eigenvalue weighted by atomic mass is 9.97. The Kier molecular flexibility index (Phi) is 8.91. The van der Waals surface area contributed by atoms with E-state index in [0.29, 0.717) is 18.2 Å². The number of nitrogens with one attached hydrogen (secondary N) is 1. The summed E-state index contributed by atoms with van der Waals surface area (Å²) in [7, 11) is 0. The summed E-state index contributed by atoms with van der Waals surface area (Å²) in [6.07, 6.45) is 8.74. The fraction of sp³-hybridized carbons (Fsp3) is 0.417. The van der Waals surface area contributed by atoms with E-state index < -0.39 is 0 Å². The van der Waals surface area contributed by atoms with Crippen LogP contribution in [0.15, 0.2) is 52.5 Å². The molecule has 29 heavy (non-hydrogen) atoms. The van der Waals surface area contributed by atoms with Gasteiger partial charge in [0, 0.05) is 21.6 Å². The minimum absolute atomic E-state index is 0.402. The van der Waals surface area contributed by atoms with Gasteiger partial charge in [-0.1, -0.05) is 57.4 Å². The maximum atomic E-state index is 6.24. The van der Waals surface area contributed by atoms with Crippen LogP contribution < -0.4 is 14.8 Å². The summed E-state index contributed by atoms with van der Waals surface area (Å²) in [5, 5.41) is 4.27. The van der Waals surface area contributed by atoms with Crippen molar-refractivity contribution in [1.82, 2.24) is 5.32 Å². The van der Waals surface area contributed by atoms with E-state index in [2.05, 4.69) is 33.4 Å². The predicted molar refractivity (Wildman–Crippen MR) is 124 cm³/mol. The van der Waals surface area contributed by atoms with Crippen LogP contribution in [-0.4, -0.2) is 13.2 Å². The second-order valence-corrected chi connectivity index (χ2v) is 8.50. The molecule has 2 aromatic rings. The number of benzene rings is 2. The number of hydrogen-bond acceptors (Lipinski definition) is 3. The Balaban J connectivity index is 1.60. The summed E-state index contributed by atoms with van der Waals surface area (Å²) in [5.41, 5.74) is 3.72. The number of allylic oxidation sites excluding steroid dienone is 1. The van der Waals surface area contributed by atoms with Crippen molar-refractivity contribution in [3.05, 3.63) is 68.7 Å². The number of rotatable bonds is 10. The van der Waals surface area contributed by atoms with Crippen LogP contribution in [0.1, 0.15) is 50.2 Å². The van der Waals surface area contributed by atoms with Crippen LogP contribution in [0.3, 0.4) is 0 Å². The van der Waals surface area contributed by atoms with Crippen molar-refractivity contribution in [2.75, 3.05) is 13.2 Å². The molecule has 0 aromatic heterocycles. The van der Waals surface area contributed by atoms with Gasteiger partial charge in [0.1, 0.15) is 6.61 Å². The number of hydrogen-bond donors (Lipinski definition) is 1. The molecule has 0 saturated heterocycles. The summed E-state index contributed by atoms with van der Waals surface area (Å²) in [5.74, 6) is 1.48. The van der Waals surface area contributed by atoms with Gasteiger partial charge < -0.3 is 14.8 Å². The van der Waals surface area contributed by atoms with E-state index in [4.69, 9.17) is 21.1 Å². The van der Waals surface area contributed by atoms with E-state index in [1.54, 1.807) is 5.57 Å². The van der Waals surface area contributed by atoms with Crippen LogP contribution >= 0.6 is 27.5 Å². The van der Waals surface area contributed by atoms with Gasteiger partial charge in [-0.05, 0) is 69.3 Å². The molecule has 0 heterocycles. The highest BCUT2D eigenvalue weighted by atomic mass is 79.9. The van der Waals surface area contributed by atoms with E-state index in [1.165, 1.54) is 25.7 Å². The smallest absolute Gasteiger partial charge is 0.162 e. The average molecular weight is 479 g/mol. The van der Waals surface area contributed by atoms with Gasteiger partial charge in [0.2, 0.25) is 0 Å². The molecule has 0 bridgehead atoms. The number of halogens is 2. The van der Waals surface area contributed by atoms with Crippen molar-refractivity contribution in [2.24, 2.45) is 0 Å². The van der Waals surface area contributed by atoms with Gasteiger partial charge in [-0.15, -0.1) is 0 Å². The van der Waals surface area contributed by atoms with Gasteiger partial charge in [-0.25, -0.2) is 0 Å². The lowest BCUT2D eigenvalue weighted by Crippen LogP contribution is -2.16. The Bertz CT molecular complexity index is 838. The molecule has 5 heteroatoms. The zero-order chi connectivity index (χ0) is 20.5. The Hall–Kier alpha value is -1.49. The van der Waals surface area contributed by atoms with Gasteiger partial charge in [0.05, 0.1) is 6.61 Å². The van der Waals surface area contributed by atoms with Crippen LogP contribution in [0.4, 0.5) is 0 Å². The molecule has 1 aliphatic carbocycles. The molecule has 0 spiro atoms. The molecule has 1 N–H and O–H groups in total. The van der Waals surface area contributed by atoms with Gasteiger partial charge in [0.15, 0.2) is 11.5 Å². The molecule has 0 amide bonds. The van der Waals surface area contributed by atoms with Gasteiger partial charge >= 0.3 is 0 Å². The first kappa shape index (κ1) is 22.2. The Morgan fingerprint density at radius 1 is 1.07 bits per heavy atom. The van der Waals surface area contributed by atoms with Gasteiger partial charge in [0.25, 0.3) is 0 Å². The summed E-state index contributed by atoms with van der Waals surface area (Å²) >= 11 is 9.93. The molecule has 0 radical (unpaired) electrons. The fourth-order valence-corrected chi connectivity index (χ4v) is 4.12. The predicted octanol–water partition coefficient (Wildman–Crippen LogP) is 7.06. The highest BCUT2D eigenvalue weighted by Crippen LogP contribution is 2.35. The van der Waals surface area contributed by atoms with Crippen molar-refractivity contribution in [1.29, 1.82) is 0 Å². The quantitative estimate of drug-likeness (QED) is 0.293. The molecule has 156 valence electrons. The zero-order valence-electron chi connectivity index (χ0n) is 17.0. The summed E-state index contributed by atoms with van der Waals surface area (Å²) in [6, 6.07) is 11.8. The third-order valence-electron chi connectivity index (χ3n) is 5.08. The first-order chi connectivity index (χ1) is 14.2. The van der Waals surface area contributed by atoms with E-state index in [9.17, 15) is 0 Å². The lowest BCUT2D eigenvalue weighted by Gasteiger charge is -2.16. The Morgan fingerprint density at radius 2 is 1.90 bits per heavy atom. The van der Waals surface area contributed by atoms with E-state index in [1.807, 2.05) is 37.3 Å². The van der Waals surface area contributed by atoms with Crippen LogP contribution in [0.5, 0.6) is 11.5 Å². The van der Waals surface area contributed by atoms with Crippen LogP contribution in [0.25, 0.3) is 0 Å². The average Bonchev–Trinajstić information content (AvgIpc) is 2.74. The van der Waals surface area contributed by atoms with E-state index >= 15 is 0 Å². The highest BCUT2D eigenvalue weighted by Gasteiger charge is 2.12. The van der Waals surface area contributed by atoms with Crippen LogP contribution in [0.2, 0.25) is 5.02 Å². The number of ether oxygens (including phenoxy) is 2. The van der Waals surface area contributed by atoms with Gasteiger partial charge in [-0.2, -0.15) is 0 Å². The molecular formula is C24H29BrClNO2. The molecule has 2 aromatic carbocycles. The molecule has 0 aliphatic heterocycles. The summed E-state index contributed by atoms with van der Waals surface area (Å²) in [6.45, 7) is 4.76. The van der Waals surface area contributed by atoms with Crippen LogP contribution in [-0.2, 0) is 13.2 Å². The van der Waals surface area contributed by atoms with Crippen molar-refractivity contribution in [3.63, 3.8) is 0 Å². The lowest BCUT2D eigenvalue weighted by molar-refractivity contribution is 0.269. The second kappa shape index (κ2) is 11.6. The zero-order valence-corrected chi connectivity index (χ0v) is 19.3. The Labute approximate surface area is 187 Å². The monoisotopic (exact) mass is 477 g/mol.